The number of aliphatic hydroxyl groups is 1. The molecular weight excluding hydrogens is 268 g/mol. The number of carbonyl (C=O) groups is 2. The lowest BCUT2D eigenvalue weighted by Gasteiger charge is -2.13. The molecule has 0 heterocycles. The average molecular weight is 282 g/mol. The zero-order valence-electron chi connectivity index (χ0n) is 10.6. The summed E-state index contributed by atoms with van der Waals surface area (Å²) in [4.78, 5) is 32.2. The number of aliphatic carboxylic acids is 1. The molecule has 0 spiro atoms. The summed E-state index contributed by atoms with van der Waals surface area (Å²) in [6.07, 6.45) is -1.68. The number of nitro groups is 1. The number of hydrogen-bond acceptors (Lipinski definition) is 5. The van der Waals surface area contributed by atoms with Crippen LogP contribution in [0, 0.1) is 10.1 Å². The maximum atomic E-state index is 11.8. The first-order valence-electron chi connectivity index (χ1n) is 5.76. The number of carboxylic acids is 1. The van der Waals surface area contributed by atoms with Crippen molar-refractivity contribution in [1.82, 2.24) is 5.32 Å². The normalized spacial score (nSPS) is 13.3. The van der Waals surface area contributed by atoms with Crippen LogP contribution < -0.4 is 5.32 Å². The highest BCUT2D eigenvalue weighted by atomic mass is 16.6. The van der Waals surface area contributed by atoms with Gasteiger partial charge in [-0.2, -0.15) is 0 Å². The molecule has 2 atom stereocenters. The molecule has 0 saturated carbocycles. The van der Waals surface area contributed by atoms with E-state index >= 15 is 0 Å². The SMILES string of the molecule is CC(C(=O)NCC(O)C(=O)O)c1cccc([N+](=O)[O-])c1. The van der Waals surface area contributed by atoms with E-state index in [0.717, 1.165) is 0 Å². The summed E-state index contributed by atoms with van der Waals surface area (Å²) in [5, 5.41) is 30.4. The second kappa shape index (κ2) is 6.62. The molecule has 0 aliphatic carbocycles. The maximum Gasteiger partial charge on any atom is 0.334 e. The van der Waals surface area contributed by atoms with Crippen LogP contribution in [0.2, 0.25) is 0 Å². The monoisotopic (exact) mass is 282 g/mol. The third kappa shape index (κ3) is 4.02. The molecule has 1 rings (SSSR count). The lowest BCUT2D eigenvalue weighted by Crippen LogP contribution is -2.38. The minimum Gasteiger partial charge on any atom is -0.479 e. The molecule has 0 aliphatic heterocycles. The highest BCUT2D eigenvalue weighted by molar-refractivity contribution is 5.84. The van der Waals surface area contributed by atoms with E-state index in [0.29, 0.717) is 5.56 Å². The van der Waals surface area contributed by atoms with Gasteiger partial charge in [0.05, 0.1) is 17.4 Å². The maximum absolute atomic E-state index is 11.8. The Hall–Kier alpha value is -2.48. The number of carboxylic acid groups (broad SMARTS) is 1. The third-order valence-electron chi connectivity index (χ3n) is 2.73. The molecule has 3 N–H and O–H groups in total. The number of amides is 1. The Bertz CT molecular complexity index is 530. The van der Waals surface area contributed by atoms with Gasteiger partial charge in [0.25, 0.3) is 5.69 Å². The molecular formula is C12H14N2O6. The number of nitrogens with zero attached hydrogens (tertiary/aromatic N) is 1. The standard InChI is InChI=1S/C12H14N2O6/c1-7(11(16)13-6-10(15)12(17)18)8-3-2-4-9(5-8)14(19)20/h2-5,7,10,15H,6H2,1H3,(H,13,16)(H,17,18). The van der Waals surface area contributed by atoms with Crippen molar-refractivity contribution < 1.29 is 24.7 Å². The average Bonchev–Trinajstić information content (AvgIpc) is 2.43. The van der Waals surface area contributed by atoms with Gasteiger partial charge in [-0.05, 0) is 12.5 Å². The van der Waals surface area contributed by atoms with Crippen LogP contribution in [0.3, 0.4) is 0 Å². The Morgan fingerprint density at radius 3 is 2.65 bits per heavy atom. The number of rotatable bonds is 6. The van der Waals surface area contributed by atoms with E-state index in [9.17, 15) is 19.7 Å². The van der Waals surface area contributed by atoms with Gasteiger partial charge in [-0.3, -0.25) is 14.9 Å². The summed E-state index contributed by atoms with van der Waals surface area (Å²) in [5.41, 5.74) is 0.300. The van der Waals surface area contributed by atoms with Gasteiger partial charge < -0.3 is 15.5 Å². The van der Waals surface area contributed by atoms with Crippen molar-refractivity contribution in [3.05, 3.63) is 39.9 Å². The number of aliphatic hydroxyl groups excluding tert-OH is 1. The zero-order chi connectivity index (χ0) is 15.3. The first kappa shape index (κ1) is 15.6. The second-order valence-electron chi connectivity index (χ2n) is 4.17. The van der Waals surface area contributed by atoms with Crippen molar-refractivity contribution in [2.75, 3.05) is 6.54 Å². The van der Waals surface area contributed by atoms with Gasteiger partial charge in [-0.15, -0.1) is 0 Å². The highest BCUT2D eigenvalue weighted by Crippen LogP contribution is 2.20. The minimum atomic E-state index is -1.68. The van der Waals surface area contributed by atoms with Crippen LogP contribution in [0.25, 0.3) is 0 Å². The van der Waals surface area contributed by atoms with Crippen molar-refractivity contribution in [3.8, 4) is 0 Å². The molecule has 1 aromatic carbocycles. The smallest absolute Gasteiger partial charge is 0.334 e. The zero-order valence-corrected chi connectivity index (χ0v) is 10.6. The Morgan fingerprint density at radius 2 is 2.10 bits per heavy atom. The topological polar surface area (TPSA) is 130 Å². The van der Waals surface area contributed by atoms with Crippen molar-refractivity contribution in [2.24, 2.45) is 0 Å². The lowest BCUT2D eigenvalue weighted by atomic mass is 10.00. The van der Waals surface area contributed by atoms with Gasteiger partial charge in [0, 0.05) is 12.1 Å². The number of non-ortho nitro benzene ring substituents is 1. The summed E-state index contributed by atoms with van der Waals surface area (Å²) in [6.45, 7) is 1.11. The van der Waals surface area contributed by atoms with Gasteiger partial charge >= 0.3 is 5.97 Å². The van der Waals surface area contributed by atoms with Gasteiger partial charge in [0.1, 0.15) is 0 Å². The molecule has 0 aliphatic rings. The largest absolute Gasteiger partial charge is 0.479 e. The Labute approximate surface area is 114 Å². The van der Waals surface area contributed by atoms with E-state index in [1.165, 1.54) is 25.1 Å². The summed E-state index contributed by atoms with van der Waals surface area (Å²) in [6, 6.07) is 5.61. The molecule has 8 nitrogen and oxygen atoms in total. The summed E-state index contributed by atoms with van der Waals surface area (Å²) in [5.74, 6) is -2.66. The molecule has 0 fully saturated rings. The third-order valence-corrected chi connectivity index (χ3v) is 2.73. The van der Waals surface area contributed by atoms with Crippen LogP contribution in [0.4, 0.5) is 5.69 Å². The van der Waals surface area contributed by atoms with Gasteiger partial charge in [0.2, 0.25) is 5.91 Å². The van der Waals surface area contributed by atoms with Crippen LogP contribution in [0.15, 0.2) is 24.3 Å². The first-order valence-corrected chi connectivity index (χ1v) is 5.76. The van der Waals surface area contributed by atoms with Crippen LogP contribution in [-0.2, 0) is 9.59 Å². The van der Waals surface area contributed by atoms with Crippen LogP contribution in [0.5, 0.6) is 0 Å². The van der Waals surface area contributed by atoms with E-state index in [1.807, 2.05) is 0 Å². The fraction of sp³-hybridized carbons (Fsp3) is 0.333. The summed E-state index contributed by atoms with van der Waals surface area (Å²) < 4.78 is 0. The second-order valence-corrected chi connectivity index (χ2v) is 4.17. The van der Waals surface area contributed by atoms with Crippen molar-refractivity contribution in [3.63, 3.8) is 0 Å². The first-order chi connectivity index (χ1) is 9.32. The number of hydrogen-bond donors (Lipinski definition) is 3. The molecule has 108 valence electrons. The Kier molecular flexibility index (Phi) is 5.15. The molecule has 0 saturated heterocycles. The molecule has 1 amide bonds. The van der Waals surface area contributed by atoms with Crippen molar-refractivity contribution >= 4 is 17.6 Å². The lowest BCUT2D eigenvalue weighted by molar-refractivity contribution is -0.384. The predicted octanol–water partition coefficient (Wildman–Crippen LogP) is 0.260. The van der Waals surface area contributed by atoms with Crippen LogP contribution in [-0.4, -0.2) is 39.7 Å². The quantitative estimate of drug-likeness (QED) is 0.507. The van der Waals surface area contributed by atoms with Crippen LogP contribution in [0.1, 0.15) is 18.4 Å². The number of benzene rings is 1. The fourth-order valence-corrected chi connectivity index (χ4v) is 1.50. The number of carbonyl (C=O) groups excluding carboxylic acids is 1. The molecule has 20 heavy (non-hydrogen) atoms. The van der Waals surface area contributed by atoms with E-state index in [2.05, 4.69) is 5.32 Å². The number of nitrogens with one attached hydrogen (secondary N) is 1. The highest BCUT2D eigenvalue weighted by Gasteiger charge is 2.20. The Balaban J connectivity index is 2.71. The van der Waals surface area contributed by atoms with Crippen molar-refractivity contribution in [2.45, 2.75) is 18.9 Å². The fourth-order valence-electron chi connectivity index (χ4n) is 1.50. The van der Waals surface area contributed by atoms with Crippen molar-refractivity contribution in [1.29, 1.82) is 0 Å². The van der Waals surface area contributed by atoms with E-state index < -0.39 is 35.4 Å². The molecule has 8 heteroatoms. The van der Waals surface area contributed by atoms with E-state index in [1.54, 1.807) is 6.07 Å². The molecule has 0 radical (unpaired) electrons. The summed E-state index contributed by atoms with van der Waals surface area (Å²) >= 11 is 0. The van der Waals surface area contributed by atoms with E-state index in [-0.39, 0.29) is 5.69 Å². The van der Waals surface area contributed by atoms with Gasteiger partial charge in [-0.25, -0.2) is 4.79 Å². The van der Waals surface area contributed by atoms with E-state index in [4.69, 9.17) is 10.2 Å². The Morgan fingerprint density at radius 1 is 1.45 bits per heavy atom. The minimum absolute atomic E-state index is 0.132. The summed E-state index contributed by atoms with van der Waals surface area (Å²) in [7, 11) is 0. The molecule has 0 bridgehead atoms. The number of nitro benzene ring substituents is 1. The predicted molar refractivity (Wildman–Crippen MR) is 68.2 cm³/mol. The van der Waals surface area contributed by atoms with Gasteiger partial charge in [-0.1, -0.05) is 12.1 Å². The molecule has 1 aromatic rings. The van der Waals surface area contributed by atoms with Crippen LogP contribution >= 0.6 is 0 Å². The molecule has 0 aromatic heterocycles. The van der Waals surface area contributed by atoms with Gasteiger partial charge in [0.15, 0.2) is 6.10 Å². The molecule has 2 unspecified atom stereocenters.